The van der Waals surface area contributed by atoms with Gasteiger partial charge >= 0.3 is 0 Å². The third-order valence-electron chi connectivity index (χ3n) is 5.69. The number of hydrogen-bond donors (Lipinski definition) is 4. The van der Waals surface area contributed by atoms with Crippen LogP contribution in [0.15, 0.2) is 42.5 Å². The maximum absolute atomic E-state index is 12.4. The van der Waals surface area contributed by atoms with E-state index in [9.17, 15) is 20.1 Å². The number of nitrogens with two attached hydrogens (primary N) is 1. The molecule has 8 nitrogen and oxygen atoms in total. The zero-order valence-corrected chi connectivity index (χ0v) is 17.9. The van der Waals surface area contributed by atoms with Gasteiger partial charge in [0.25, 0.3) is 0 Å². The predicted molar refractivity (Wildman–Crippen MR) is 115 cm³/mol. The number of methoxy groups -OCH3 is 1. The van der Waals surface area contributed by atoms with Crippen LogP contribution in [0.5, 0.6) is 5.75 Å². The Kier molecular flexibility index (Phi) is 7.42. The number of hydroxylamine groups is 2. The van der Waals surface area contributed by atoms with Crippen molar-refractivity contribution >= 4 is 5.78 Å². The lowest BCUT2D eigenvalue weighted by Crippen LogP contribution is -2.42. The number of carbonyl (C=O) groups is 1. The minimum atomic E-state index is -1.09. The topological polar surface area (TPSA) is 125 Å². The molecule has 0 spiro atoms. The fourth-order valence-electron chi connectivity index (χ4n) is 4.28. The smallest absolute Gasteiger partial charge is 0.149 e. The molecule has 0 aromatic heterocycles. The van der Waals surface area contributed by atoms with E-state index < -0.39 is 30.4 Å². The molecular weight excluding hydrogens is 400 g/mol. The summed E-state index contributed by atoms with van der Waals surface area (Å²) in [5.41, 5.74) is 8.57. The lowest BCUT2D eigenvalue weighted by molar-refractivity contribution is -0.180. The van der Waals surface area contributed by atoms with Crippen LogP contribution in [0.1, 0.15) is 31.2 Å². The van der Waals surface area contributed by atoms with E-state index in [0.717, 1.165) is 16.7 Å². The van der Waals surface area contributed by atoms with E-state index in [1.807, 2.05) is 24.3 Å². The fourth-order valence-corrected chi connectivity index (χ4v) is 4.28. The van der Waals surface area contributed by atoms with Crippen LogP contribution in [0.3, 0.4) is 0 Å². The molecule has 8 heteroatoms. The van der Waals surface area contributed by atoms with E-state index in [-0.39, 0.29) is 18.9 Å². The van der Waals surface area contributed by atoms with Crippen molar-refractivity contribution in [3.05, 3.63) is 53.6 Å². The molecule has 0 saturated carbocycles. The number of ether oxygens (including phenoxy) is 1. The molecule has 5 atom stereocenters. The van der Waals surface area contributed by atoms with Crippen molar-refractivity contribution in [2.45, 2.75) is 44.9 Å². The molecule has 2 aromatic carbocycles. The summed E-state index contributed by atoms with van der Waals surface area (Å²) in [5, 5.41) is 31.1. The molecule has 0 radical (unpaired) electrons. The molecule has 168 valence electrons. The van der Waals surface area contributed by atoms with Crippen LogP contribution >= 0.6 is 0 Å². The second-order valence-corrected chi connectivity index (χ2v) is 7.84. The maximum Gasteiger partial charge on any atom is 0.149 e. The summed E-state index contributed by atoms with van der Waals surface area (Å²) in [5.74, 6) is -0.0980. The summed E-state index contributed by atoms with van der Waals surface area (Å²) < 4.78 is 5.71. The normalized spacial score (nSPS) is 23.5. The molecule has 3 rings (SSSR count). The summed E-state index contributed by atoms with van der Waals surface area (Å²) in [6.45, 7) is 2.96. The summed E-state index contributed by atoms with van der Waals surface area (Å²) in [6, 6.07) is 12.2. The molecule has 1 aliphatic rings. The zero-order valence-electron chi connectivity index (χ0n) is 17.9. The molecule has 1 heterocycles. The molecule has 1 fully saturated rings. The molecule has 0 aliphatic carbocycles. The van der Waals surface area contributed by atoms with Crippen molar-refractivity contribution < 1.29 is 29.7 Å². The number of aliphatic hydroxyl groups excluding tert-OH is 3. The summed E-state index contributed by atoms with van der Waals surface area (Å²) >= 11 is 0. The van der Waals surface area contributed by atoms with Crippen LogP contribution in [-0.4, -0.2) is 58.1 Å². The highest BCUT2D eigenvalue weighted by atomic mass is 16.7. The lowest BCUT2D eigenvalue weighted by atomic mass is 9.88. The number of aliphatic hydroxyl groups is 3. The first-order valence-corrected chi connectivity index (χ1v) is 10.2. The Morgan fingerprint density at radius 2 is 1.97 bits per heavy atom. The Labute approximate surface area is 181 Å². The Hall–Kier alpha value is -2.33. The van der Waals surface area contributed by atoms with Crippen molar-refractivity contribution in [1.29, 1.82) is 0 Å². The van der Waals surface area contributed by atoms with Gasteiger partial charge in [0.05, 0.1) is 26.4 Å². The largest absolute Gasteiger partial charge is 0.496 e. The highest BCUT2D eigenvalue weighted by molar-refractivity contribution is 5.82. The third-order valence-corrected chi connectivity index (χ3v) is 5.69. The Balaban J connectivity index is 1.98. The first kappa shape index (κ1) is 23.3. The molecule has 1 unspecified atom stereocenters. The highest BCUT2D eigenvalue weighted by Gasteiger charge is 2.47. The Morgan fingerprint density at radius 3 is 2.55 bits per heavy atom. The van der Waals surface area contributed by atoms with Gasteiger partial charge in [0.1, 0.15) is 29.9 Å². The average Bonchev–Trinajstić information content (AvgIpc) is 3.12. The van der Waals surface area contributed by atoms with Crippen molar-refractivity contribution in [3.8, 4) is 16.9 Å². The van der Waals surface area contributed by atoms with Crippen LogP contribution in [-0.2, 0) is 16.2 Å². The molecule has 0 bridgehead atoms. The fraction of sp³-hybridized carbons (Fsp3) is 0.435. The molecule has 31 heavy (non-hydrogen) atoms. The molecule has 0 amide bonds. The molecule has 1 saturated heterocycles. The van der Waals surface area contributed by atoms with E-state index in [2.05, 4.69) is 0 Å². The van der Waals surface area contributed by atoms with E-state index in [1.165, 1.54) is 12.0 Å². The second kappa shape index (κ2) is 9.86. The first-order valence-electron chi connectivity index (χ1n) is 10.2. The summed E-state index contributed by atoms with van der Waals surface area (Å²) in [6.07, 6.45) is -2.59. The number of rotatable bonds is 8. The number of ketones is 1. The van der Waals surface area contributed by atoms with Gasteiger partial charge in [-0.1, -0.05) is 36.4 Å². The SMILES string of the molecule is COc1c(CN2O[C@@H](CO)[C@@H]([C@H](C)O)[C@H]2C(C)=O)cccc1-c1cccc(C(N)O)c1. The number of Topliss-reactive ketones (excluding diaryl/α,β-unsaturated/α-hetero) is 1. The molecule has 1 aliphatic heterocycles. The maximum atomic E-state index is 12.4. The average molecular weight is 431 g/mol. The van der Waals surface area contributed by atoms with Crippen molar-refractivity contribution in [2.24, 2.45) is 11.7 Å². The van der Waals surface area contributed by atoms with Gasteiger partial charge in [-0.3, -0.25) is 9.63 Å². The van der Waals surface area contributed by atoms with Crippen LogP contribution < -0.4 is 10.5 Å². The van der Waals surface area contributed by atoms with Gasteiger partial charge in [-0.25, -0.2) is 0 Å². The van der Waals surface area contributed by atoms with Gasteiger partial charge in [-0.05, 0) is 31.0 Å². The summed E-state index contributed by atoms with van der Waals surface area (Å²) in [4.78, 5) is 18.2. The van der Waals surface area contributed by atoms with Crippen LogP contribution in [0.4, 0.5) is 0 Å². The molecule has 2 aromatic rings. The Bertz CT molecular complexity index is 917. The molecular formula is C23H30N2O6. The number of carbonyl (C=O) groups excluding carboxylic acids is 1. The lowest BCUT2D eigenvalue weighted by Gasteiger charge is -2.25. The highest BCUT2D eigenvalue weighted by Crippen LogP contribution is 2.37. The van der Waals surface area contributed by atoms with E-state index in [0.29, 0.717) is 11.3 Å². The van der Waals surface area contributed by atoms with Crippen molar-refractivity contribution in [1.82, 2.24) is 5.06 Å². The van der Waals surface area contributed by atoms with Crippen molar-refractivity contribution in [3.63, 3.8) is 0 Å². The van der Waals surface area contributed by atoms with Crippen LogP contribution in [0.2, 0.25) is 0 Å². The van der Waals surface area contributed by atoms with Gasteiger partial charge in [0, 0.05) is 17.0 Å². The Morgan fingerprint density at radius 1 is 1.26 bits per heavy atom. The number of para-hydroxylation sites is 1. The zero-order chi connectivity index (χ0) is 22.7. The van der Waals surface area contributed by atoms with Crippen LogP contribution in [0.25, 0.3) is 11.1 Å². The number of benzene rings is 2. The van der Waals surface area contributed by atoms with Crippen LogP contribution in [0, 0.1) is 5.92 Å². The minimum Gasteiger partial charge on any atom is -0.496 e. The molecule has 5 N–H and O–H groups in total. The minimum absolute atomic E-state index is 0.151. The van der Waals surface area contributed by atoms with E-state index in [1.54, 1.807) is 32.2 Å². The van der Waals surface area contributed by atoms with Crippen molar-refractivity contribution in [2.75, 3.05) is 13.7 Å². The second-order valence-electron chi connectivity index (χ2n) is 7.84. The third kappa shape index (κ3) is 4.79. The van der Waals surface area contributed by atoms with Gasteiger partial charge in [-0.2, -0.15) is 5.06 Å². The monoisotopic (exact) mass is 430 g/mol. The predicted octanol–water partition coefficient (Wildman–Crippen LogP) is 1.37. The number of hydrogen-bond acceptors (Lipinski definition) is 8. The van der Waals surface area contributed by atoms with Gasteiger partial charge in [0.2, 0.25) is 0 Å². The van der Waals surface area contributed by atoms with Gasteiger partial charge in [-0.15, -0.1) is 0 Å². The van der Waals surface area contributed by atoms with E-state index >= 15 is 0 Å². The number of nitrogens with zero attached hydrogens (tertiary/aromatic N) is 1. The standard InChI is InChI=1S/C23H30N2O6/c1-13(27)20-19(12-26)31-25(21(20)14(2)28)11-17-8-5-9-18(22(17)30-3)15-6-4-7-16(10-15)23(24)29/h4-10,13,19-21,23,26-27,29H,11-12,24H2,1-3H3/t13-,19-,20+,21+,23?/m0/s1. The quantitative estimate of drug-likeness (QED) is 0.463. The summed E-state index contributed by atoms with van der Waals surface area (Å²) in [7, 11) is 1.56. The van der Waals surface area contributed by atoms with Gasteiger partial charge < -0.3 is 25.8 Å². The first-order chi connectivity index (χ1) is 14.8. The van der Waals surface area contributed by atoms with Gasteiger partial charge in [0.15, 0.2) is 0 Å². The van der Waals surface area contributed by atoms with E-state index in [4.69, 9.17) is 15.3 Å².